The molecule has 2 unspecified atom stereocenters. The van der Waals surface area contributed by atoms with Gasteiger partial charge in [0.2, 0.25) is 0 Å². The van der Waals surface area contributed by atoms with Gasteiger partial charge in [0.25, 0.3) is 0 Å². The fourth-order valence-corrected chi connectivity index (χ4v) is 4.81. The van der Waals surface area contributed by atoms with Crippen LogP contribution in [0.25, 0.3) is 0 Å². The Hall–Kier alpha value is -0.260. The van der Waals surface area contributed by atoms with Crippen molar-refractivity contribution in [3.63, 3.8) is 0 Å². The Bertz CT molecular complexity index is 456. The molecule has 0 aliphatic heterocycles. The van der Waals surface area contributed by atoms with E-state index in [0.717, 1.165) is 12.2 Å². The van der Waals surface area contributed by atoms with Crippen LogP contribution >= 0.6 is 23.1 Å². The maximum Gasteiger partial charge on any atom is 0.185 e. The number of thiazole rings is 1. The Morgan fingerprint density at radius 1 is 1.55 bits per heavy atom. The van der Waals surface area contributed by atoms with Gasteiger partial charge in [0, 0.05) is 29.8 Å². The molecule has 0 saturated heterocycles. The van der Waals surface area contributed by atoms with E-state index in [2.05, 4.69) is 51.3 Å². The second-order valence-electron chi connectivity index (χ2n) is 6.61. The maximum atomic E-state index is 4.94. The predicted octanol–water partition coefficient (Wildman–Crippen LogP) is 3.56. The quantitative estimate of drug-likeness (QED) is 0.899. The zero-order valence-electron chi connectivity index (χ0n) is 13.5. The van der Waals surface area contributed by atoms with E-state index >= 15 is 0 Å². The van der Waals surface area contributed by atoms with E-state index in [0.29, 0.717) is 17.5 Å². The van der Waals surface area contributed by atoms with Crippen molar-refractivity contribution < 1.29 is 0 Å². The molecule has 0 spiro atoms. The van der Waals surface area contributed by atoms with Crippen molar-refractivity contribution in [2.24, 2.45) is 5.41 Å². The summed E-state index contributed by atoms with van der Waals surface area (Å²) in [7, 11) is 4.24. The number of thioether (sulfide) groups is 1. The topological polar surface area (TPSA) is 28.2 Å². The van der Waals surface area contributed by atoms with Gasteiger partial charge in [-0.15, -0.1) is 0 Å². The average Bonchev–Trinajstić information content (AvgIpc) is 2.79. The van der Waals surface area contributed by atoms with E-state index in [1.54, 1.807) is 0 Å². The normalized spacial score (nSPS) is 22.4. The molecule has 0 aromatic carbocycles. The Kier molecular flexibility index (Phi) is 5.03. The highest BCUT2D eigenvalue weighted by Crippen LogP contribution is 2.44. The lowest BCUT2D eigenvalue weighted by atomic mass is 9.76. The first kappa shape index (κ1) is 16.1. The number of fused-ring (bicyclic) bond motifs is 1. The van der Waals surface area contributed by atoms with Crippen molar-refractivity contribution in [3.8, 4) is 0 Å². The molecule has 1 aromatic rings. The lowest BCUT2D eigenvalue weighted by molar-refractivity contribution is 0.265. The Morgan fingerprint density at radius 2 is 2.25 bits per heavy atom. The van der Waals surface area contributed by atoms with Gasteiger partial charge in [0.1, 0.15) is 0 Å². The fourth-order valence-electron chi connectivity index (χ4n) is 2.85. The van der Waals surface area contributed by atoms with E-state index in [9.17, 15) is 0 Å². The zero-order chi connectivity index (χ0) is 14.9. The van der Waals surface area contributed by atoms with Crippen LogP contribution in [0.5, 0.6) is 0 Å². The Balaban J connectivity index is 2.26. The molecule has 0 fully saturated rings. The van der Waals surface area contributed by atoms with Crippen LogP contribution in [0.3, 0.4) is 0 Å². The first-order valence-corrected chi connectivity index (χ1v) is 9.47. The summed E-state index contributed by atoms with van der Waals surface area (Å²) in [6.45, 7) is 6.97. The summed E-state index contributed by atoms with van der Waals surface area (Å²) in [6, 6.07) is 0.989. The van der Waals surface area contributed by atoms with Gasteiger partial charge in [0.05, 0.1) is 5.69 Å². The smallest absolute Gasteiger partial charge is 0.185 e. The third kappa shape index (κ3) is 3.31. The lowest BCUT2D eigenvalue weighted by Gasteiger charge is -2.34. The lowest BCUT2D eigenvalue weighted by Crippen LogP contribution is -2.31. The minimum Gasteiger partial charge on any atom is -0.348 e. The molecule has 0 saturated carbocycles. The van der Waals surface area contributed by atoms with Crippen LogP contribution < -0.4 is 10.2 Å². The van der Waals surface area contributed by atoms with Crippen LogP contribution in [0, 0.1) is 5.41 Å². The molecule has 114 valence electrons. The first-order chi connectivity index (χ1) is 9.38. The second kappa shape index (κ2) is 6.24. The average molecular weight is 314 g/mol. The van der Waals surface area contributed by atoms with Gasteiger partial charge >= 0.3 is 0 Å². The zero-order valence-corrected chi connectivity index (χ0v) is 15.1. The number of anilines is 1. The minimum atomic E-state index is 0.343. The maximum absolute atomic E-state index is 4.94. The van der Waals surface area contributed by atoms with Crippen LogP contribution in [0.2, 0.25) is 0 Å². The monoisotopic (exact) mass is 313 g/mol. The summed E-state index contributed by atoms with van der Waals surface area (Å²) in [5.74, 6) is 1.14. The second-order valence-corrected chi connectivity index (χ2v) is 8.53. The summed E-state index contributed by atoms with van der Waals surface area (Å²) in [5, 5.41) is 4.65. The molecule has 0 radical (unpaired) electrons. The Labute approximate surface area is 131 Å². The van der Waals surface area contributed by atoms with Crippen molar-refractivity contribution >= 4 is 28.2 Å². The molecule has 1 aromatic heterocycles. The molecule has 1 N–H and O–H groups in total. The van der Waals surface area contributed by atoms with E-state index in [1.807, 2.05) is 23.1 Å². The highest BCUT2D eigenvalue weighted by atomic mass is 32.2. The number of aromatic nitrogens is 1. The molecule has 1 heterocycles. The number of rotatable bonds is 5. The molecule has 0 amide bonds. The Morgan fingerprint density at radius 3 is 2.85 bits per heavy atom. The van der Waals surface area contributed by atoms with Crippen LogP contribution in [0.4, 0.5) is 5.13 Å². The number of hydrogen-bond acceptors (Lipinski definition) is 5. The summed E-state index contributed by atoms with van der Waals surface area (Å²) in [6.07, 6.45) is 4.46. The standard InChI is InChI=1S/C15H27N3S2/c1-10(9-19-6)18(5)14-17-12-8-15(2,3)7-11(16-4)13(12)20-14/h10-11,16H,7-9H2,1-6H3. The summed E-state index contributed by atoms with van der Waals surface area (Å²) >= 11 is 3.77. The summed E-state index contributed by atoms with van der Waals surface area (Å²) in [5.41, 5.74) is 1.65. The summed E-state index contributed by atoms with van der Waals surface area (Å²) in [4.78, 5) is 8.72. The molecular weight excluding hydrogens is 286 g/mol. The van der Waals surface area contributed by atoms with Crippen molar-refractivity contribution in [1.82, 2.24) is 10.3 Å². The van der Waals surface area contributed by atoms with Gasteiger partial charge in [-0.05, 0) is 38.5 Å². The van der Waals surface area contributed by atoms with Gasteiger partial charge in [-0.25, -0.2) is 4.98 Å². The van der Waals surface area contributed by atoms with Crippen molar-refractivity contribution in [1.29, 1.82) is 0 Å². The highest BCUT2D eigenvalue weighted by Gasteiger charge is 2.34. The van der Waals surface area contributed by atoms with E-state index < -0.39 is 0 Å². The van der Waals surface area contributed by atoms with Crippen LogP contribution in [0.1, 0.15) is 43.8 Å². The molecule has 3 nitrogen and oxygen atoms in total. The summed E-state index contributed by atoms with van der Waals surface area (Å²) < 4.78 is 0. The molecular formula is C15H27N3S2. The SMILES string of the molecule is CNC1CC(C)(C)Cc2nc(N(C)C(C)CSC)sc21. The van der Waals surface area contributed by atoms with E-state index in [1.165, 1.54) is 22.1 Å². The molecule has 1 aliphatic rings. The van der Waals surface area contributed by atoms with E-state index in [4.69, 9.17) is 4.98 Å². The molecule has 0 bridgehead atoms. The van der Waals surface area contributed by atoms with Crippen LogP contribution in [-0.2, 0) is 6.42 Å². The molecule has 5 heteroatoms. The molecule has 20 heavy (non-hydrogen) atoms. The van der Waals surface area contributed by atoms with Crippen molar-refractivity contribution in [3.05, 3.63) is 10.6 Å². The third-order valence-electron chi connectivity index (χ3n) is 4.15. The largest absolute Gasteiger partial charge is 0.348 e. The number of nitrogens with zero attached hydrogens (tertiary/aromatic N) is 2. The third-order valence-corrected chi connectivity index (χ3v) is 6.27. The fraction of sp³-hybridized carbons (Fsp3) is 0.800. The van der Waals surface area contributed by atoms with E-state index in [-0.39, 0.29) is 0 Å². The van der Waals surface area contributed by atoms with Gasteiger partial charge in [-0.1, -0.05) is 25.2 Å². The number of hydrogen-bond donors (Lipinski definition) is 1. The number of nitrogens with one attached hydrogen (secondary N) is 1. The van der Waals surface area contributed by atoms with Gasteiger partial charge in [0.15, 0.2) is 5.13 Å². The van der Waals surface area contributed by atoms with Gasteiger partial charge in [-0.3, -0.25) is 0 Å². The van der Waals surface area contributed by atoms with Crippen molar-refractivity contribution in [2.75, 3.05) is 31.0 Å². The first-order valence-electron chi connectivity index (χ1n) is 7.26. The minimum absolute atomic E-state index is 0.343. The van der Waals surface area contributed by atoms with Crippen LogP contribution in [-0.4, -0.2) is 37.1 Å². The predicted molar refractivity (Wildman–Crippen MR) is 92.3 cm³/mol. The van der Waals surface area contributed by atoms with Gasteiger partial charge in [-0.2, -0.15) is 11.8 Å². The molecule has 1 aliphatic carbocycles. The van der Waals surface area contributed by atoms with Gasteiger partial charge < -0.3 is 10.2 Å². The molecule has 2 atom stereocenters. The van der Waals surface area contributed by atoms with Crippen molar-refractivity contribution in [2.45, 2.75) is 45.7 Å². The highest BCUT2D eigenvalue weighted by molar-refractivity contribution is 7.98. The van der Waals surface area contributed by atoms with Crippen LogP contribution in [0.15, 0.2) is 0 Å². The molecule has 2 rings (SSSR count).